The summed E-state index contributed by atoms with van der Waals surface area (Å²) in [6.07, 6.45) is 1.57. The molecule has 158 valence electrons. The second-order valence-corrected chi connectivity index (χ2v) is 5.99. The molecular weight excluding hydrogens is 388 g/mol. The molecule has 2 amide bonds. The number of hydrogen-bond donors (Lipinski definition) is 2. The minimum Gasteiger partial charge on any atom is -0.490 e. The van der Waals surface area contributed by atoms with Crippen LogP contribution in [0.4, 0.5) is 10.5 Å². The molecule has 0 aliphatic carbocycles. The molecule has 0 aliphatic heterocycles. The number of amides is 2. The molecule has 0 bridgehead atoms. The van der Waals surface area contributed by atoms with E-state index in [1.165, 1.54) is 0 Å². The third-order valence-corrected chi connectivity index (χ3v) is 3.85. The van der Waals surface area contributed by atoms with E-state index in [1.807, 2.05) is 13.8 Å². The van der Waals surface area contributed by atoms with Crippen molar-refractivity contribution in [3.8, 4) is 28.8 Å². The van der Waals surface area contributed by atoms with Gasteiger partial charge in [-0.15, -0.1) is 10.2 Å². The fraction of sp³-hybridized carbons (Fsp3) is 0.286. The molecule has 30 heavy (non-hydrogen) atoms. The predicted molar refractivity (Wildman–Crippen MR) is 111 cm³/mol. The van der Waals surface area contributed by atoms with Crippen LogP contribution in [0.25, 0.3) is 11.5 Å². The quantitative estimate of drug-likeness (QED) is 0.489. The van der Waals surface area contributed by atoms with Crippen LogP contribution in [0.1, 0.15) is 13.8 Å². The van der Waals surface area contributed by atoms with Crippen molar-refractivity contribution in [2.24, 2.45) is 0 Å². The van der Waals surface area contributed by atoms with E-state index >= 15 is 0 Å². The molecule has 0 radical (unpaired) electrons. The highest BCUT2D eigenvalue weighted by Gasteiger charge is 2.09. The number of nitrogens with zero attached hydrogens (tertiary/aromatic N) is 2. The Kier molecular flexibility index (Phi) is 7.48. The molecule has 0 saturated heterocycles. The minimum atomic E-state index is -0.357. The molecule has 0 saturated carbocycles. The Hall–Kier alpha value is -3.75. The van der Waals surface area contributed by atoms with Crippen LogP contribution in [0, 0.1) is 0 Å². The fourth-order valence-corrected chi connectivity index (χ4v) is 2.58. The molecule has 0 atom stereocenters. The van der Waals surface area contributed by atoms with E-state index in [2.05, 4.69) is 20.8 Å². The van der Waals surface area contributed by atoms with Gasteiger partial charge in [0.1, 0.15) is 12.3 Å². The molecule has 2 aromatic heterocycles. The van der Waals surface area contributed by atoms with Gasteiger partial charge in [0.05, 0.1) is 26.0 Å². The maximum atomic E-state index is 12.1. The number of furan rings is 1. The third-order valence-electron chi connectivity index (χ3n) is 3.85. The van der Waals surface area contributed by atoms with Gasteiger partial charge in [-0.3, -0.25) is 0 Å². The molecule has 9 heteroatoms. The zero-order valence-corrected chi connectivity index (χ0v) is 16.9. The first-order valence-electron chi connectivity index (χ1n) is 9.64. The fourth-order valence-electron chi connectivity index (χ4n) is 2.58. The van der Waals surface area contributed by atoms with Crippen LogP contribution in [0.2, 0.25) is 0 Å². The van der Waals surface area contributed by atoms with Gasteiger partial charge in [-0.05, 0) is 44.2 Å². The summed E-state index contributed by atoms with van der Waals surface area (Å²) >= 11 is 0. The van der Waals surface area contributed by atoms with Gasteiger partial charge >= 0.3 is 6.03 Å². The summed E-state index contributed by atoms with van der Waals surface area (Å²) in [4.78, 5) is 12.1. The monoisotopic (exact) mass is 412 g/mol. The van der Waals surface area contributed by atoms with Crippen LogP contribution in [0.3, 0.4) is 0 Å². The summed E-state index contributed by atoms with van der Waals surface area (Å²) in [5, 5.41) is 13.5. The number of ether oxygens (including phenoxy) is 3. The molecule has 3 aromatic rings. The summed E-state index contributed by atoms with van der Waals surface area (Å²) in [6, 6.07) is 11.9. The summed E-state index contributed by atoms with van der Waals surface area (Å²) < 4.78 is 21.8. The number of hydrogen-bond acceptors (Lipinski definition) is 7. The van der Waals surface area contributed by atoms with Crippen molar-refractivity contribution in [3.63, 3.8) is 0 Å². The molecule has 1 aromatic carbocycles. The van der Waals surface area contributed by atoms with Gasteiger partial charge in [-0.25, -0.2) is 4.79 Å². The Balaban J connectivity index is 1.43. The topological polar surface area (TPSA) is 108 Å². The average molecular weight is 412 g/mol. The van der Waals surface area contributed by atoms with Crippen molar-refractivity contribution < 1.29 is 23.4 Å². The highest BCUT2D eigenvalue weighted by Crippen LogP contribution is 2.30. The standard InChI is InChI=1S/C21H24N4O5/c1-3-27-18-9-7-15(14-19(18)28-4-2)23-21(26)22-11-13-30-20-10-8-16(24-25-20)17-6-5-12-29-17/h5-10,12,14H,3-4,11,13H2,1-2H3,(H2,22,23,26). The normalized spacial score (nSPS) is 10.3. The maximum absolute atomic E-state index is 12.1. The lowest BCUT2D eigenvalue weighted by Gasteiger charge is -2.13. The number of benzene rings is 1. The largest absolute Gasteiger partial charge is 0.490 e. The van der Waals surface area contributed by atoms with Crippen LogP contribution in [-0.4, -0.2) is 42.6 Å². The Morgan fingerprint density at radius 3 is 2.53 bits per heavy atom. The van der Waals surface area contributed by atoms with E-state index in [1.54, 1.807) is 48.7 Å². The predicted octanol–water partition coefficient (Wildman–Crippen LogP) is 3.73. The van der Waals surface area contributed by atoms with Gasteiger partial charge in [-0.2, -0.15) is 0 Å². The van der Waals surface area contributed by atoms with Crippen molar-refractivity contribution in [1.82, 2.24) is 15.5 Å². The zero-order chi connectivity index (χ0) is 21.2. The Morgan fingerprint density at radius 2 is 1.83 bits per heavy atom. The van der Waals surface area contributed by atoms with Gasteiger partial charge in [0, 0.05) is 17.8 Å². The highest BCUT2D eigenvalue weighted by molar-refractivity contribution is 5.89. The molecule has 2 N–H and O–H groups in total. The van der Waals surface area contributed by atoms with Crippen molar-refractivity contribution in [3.05, 3.63) is 48.7 Å². The molecule has 3 rings (SSSR count). The van der Waals surface area contributed by atoms with Gasteiger partial charge < -0.3 is 29.3 Å². The smallest absolute Gasteiger partial charge is 0.319 e. The summed E-state index contributed by atoms with van der Waals surface area (Å²) in [6.45, 7) is 5.36. The Labute approximate surface area is 174 Å². The van der Waals surface area contributed by atoms with E-state index in [0.29, 0.717) is 54.3 Å². The number of aromatic nitrogens is 2. The van der Waals surface area contributed by atoms with E-state index in [4.69, 9.17) is 18.6 Å². The van der Waals surface area contributed by atoms with Gasteiger partial charge in [-0.1, -0.05) is 0 Å². The molecule has 9 nitrogen and oxygen atoms in total. The number of nitrogens with one attached hydrogen (secondary N) is 2. The second kappa shape index (κ2) is 10.7. The SMILES string of the molecule is CCOc1ccc(NC(=O)NCCOc2ccc(-c3ccco3)nn2)cc1OCC. The van der Waals surface area contributed by atoms with Gasteiger partial charge in [0.15, 0.2) is 17.3 Å². The third kappa shape index (κ3) is 5.87. The highest BCUT2D eigenvalue weighted by atomic mass is 16.5. The second-order valence-electron chi connectivity index (χ2n) is 5.99. The van der Waals surface area contributed by atoms with Crippen LogP contribution < -0.4 is 24.8 Å². The first kappa shape index (κ1) is 21.0. The van der Waals surface area contributed by atoms with Crippen LogP contribution in [-0.2, 0) is 0 Å². The number of rotatable bonds is 10. The summed E-state index contributed by atoms with van der Waals surface area (Å²) in [7, 11) is 0. The van der Waals surface area contributed by atoms with Crippen LogP contribution >= 0.6 is 0 Å². The molecule has 0 aliphatic rings. The Morgan fingerprint density at radius 1 is 1.00 bits per heavy atom. The lowest BCUT2D eigenvalue weighted by Crippen LogP contribution is -2.32. The number of anilines is 1. The number of carbonyl (C=O) groups excluding carboxylic acids is 1. The molecule has 0 unspecified atom stereocenters. The van der Waals surface area contributed by atoms with E-state index in [-0.39, 0.29) is 12.6 Å². The zero-order valence-electron chi connectivity index (χ0n) is 16.9. The van der Waals surface area contributed by atoms with Crippen LogP contribution in [0.5, 0.6) is 17.4 Å². The molecule has 2 heterocycles. The number of urea groups is 1. The Bertz CT molecular complexity index is 929. The van der Waals surface area contributed by atoms with E-state index < -0.39 is 0 Å². The minimum absolute atomic E-state index is 0.246. The lowest BCUT2D eigenvalue weighted by molar-refractivity contribution is 0.246. The summed E-state index contributed by atoms with van der Waals surface area (Å²) in [5.74, 6) is 2.21. The first-order chi connectivity index (χ1) is 14.7. The van der Waals surface area contributed by atoms with E-state index in [0.717, 1.165) is 0 Å². The molecular formula is C21H24N4O5. The molecule has 0 fully saturated rings. The molecule has 0 spiro atoms. The van der Waals surface area contributed by atoms with Crippen molar-refractivity contribution in [1.29, 1.82) is 0 Å². The van der Waals surface area contributed by atoms with Crippen molar-refractivity contribution in [2.75, 3.05) is 31.7 Å². The summed E-state index contributed by atoms with van der Waals surface area (Å²) in [5.41, 5.74) is 1.21. The van der Waals surface area contributed by atoms with Crippen LogP contribution in [0.15, 0.2) is 53.1 Å². The van der Waals surface area contributed by atoms with Crippen molar-refractivity contribution >= 4 is 11.7 Å². The van der Waals surface area contributed by atoms with Gasteiger partial charge in [0.25, 0.3) is 0 Å². The maximum Gasteiger partial charge on any atom is 0.319 e. The average Bonchev–Trinajstić information content (AvgIpc) is 3.29. The van der Waals surface area contributed by atoms with E-state index in [9.17, 15) is 4.79 Å². The lowest BCUT2D eigenvalue weighted by atomic mass is 10.2. The first-order valence-corrected chi connectivity index (χ1v) is 9.64. The number of carbonyl (C=O) groups is 1. The van der Waals surface area contributed by atoms with Crippen molar-refractivity contribution in [2.45, 2.75) is 13.8 Å². The van der Waals surface area contributed by atoms with Gasteiger partial charge in [0.2, 0.25) is 5.88 Å².